The second kappa shape index (κ2) is 6.21. The van der Waals surface area contributed by atoms with Crippen LogP contribution in [0.4, 0.5) is 0 Å². The van der Waals surface area contributed by atoms with Crippen LogP contribution in [0.2, 0.25) is 5.82 Å². The predicted octanol–water partition coefficient (Wildman–Crippen LogP) is 4.82. The van der Waals surface area contributed by atoms with Gasteiger partial charge in [-0.3, -0.25) is 0 Å². The van der Waals surface area contributed by atoms with Crippen LogP contribution in [0.5, 0.6) is 5.75 Å². The van der Waals surface area contributed by atoms with E-state index in [9.17, 15) is 5.11 Å². The van der Waals surface area contributed by atoms with Gasteiger partial charge >= 0.3 is 0 Å². The van der Waals surface area contributed by atoms with Gasteiger partial charge in [0.15, 0.2) is 0 Å². The molecule has 0 saturated carbocycles. The molecule has 0 bridgehead atoms. The van der Waals surface area contributed by atoms with Crippen LogP contribution in [0, 0.1) is 13.8 Å². The highest BCUT2D eigenvalue weighted by molar-refractivity contribution is 6.13. The van der Waals surface area contributed by atoms with Crippen molar-refractivity contribution in [1.29, 1.82) is 0 Å². The van der Waals surface area contributed by atoms with Crippen LogP contribution >= 0.6 is 0 Å². The summed E-state index contributed by atoms with van der Waals surface area (Å²) in [6.07, 6.45) is 0.0474. The summed E-state index contributed by atoms with van der Waals surface area (Å²) in [5.74, 6) is 0.636. The zero-order valence-corrected chi connectivity index (χ0v) is 16.1. The van der Waals surface area contributed by atoms with Gasteiger partial charge in [0.1, 0.15) is 5.75 Å². The molecule has 130 valence electrons. The monoisotopic (exact) mass is 334 g/mol. The van der Waals surface area contributed by atoms with Crippen molar-refractivity contribution in [3.05, 3.63) is 52.1 Å². The number of hydrogen-bond acceptors (Lipinski definition) is 2. The summed E-state index contributed by atoms with van der Waals surface area (Å²) >= 11 is 0. The van der Waals surface area contributed by atoms with Crippen molar-refractivity contribution in [2.45, 2.75) is 58.4 Å². The molecule has 2 radical (unpaired) electrons. The number of aryl methyl sites for hydroxylation is 2. The fourth-order valence-electron chi connectivity index (χ4n) is 3.98. The third kappa shape index (κ3) is 3.11. The zero-order chi connectivity index (χ0) is 18.5. The van der Waals surface area contributed by atoms with E-state index in [0.717, 1.165) is 33.6 Å². The molecule has 0 heterocycles. The normalized spacial score (nSPS) is 19.8. The first kappa shape index (κ1) is 18.1. The molecule has 2 aromatic rings. The molecule has 25 heavy (non-hydrogen) atoms. The molecule has 2 aromatic carbocycles. The minimum absolute atomic E-state index is 0.0968. The summed E-state index contributed by atoms with van der Waals surface area (Å²) in [6.45, 7) is 10.7. The lowest BCUT2D eigenvalue weighted by Gasteiger charge is -2.27. The summed E-state index contributed by atoms with van der Waals surface area (Å²) in [6, 6.07) is 8.64. The van der Waals surface area contributed by atoms with Crippen molar-refractivity contribution in [1.82, 2.24) is 0 Å². The molecule has 3 rings (SSSR count). The van der Waals surface area contributed by atoms with E-state index in [1.165, 1.54) is 11.1 Å². The summed E-state index contributed by atoms with van der Waals surface area (Å²) in [5, 5.41) is 10.6. The second-order valence-electron chi connectivity index (χ2n) is 8.34. The summed E-state index contributed by atoms with van der Waals surface area (Å²) in [5.41, 5.74) is 7.74. The van der Waals surface area contributed by atoms with Gasteiger partial charge in [-0.05, 0) is 54.3 Å². The van der Waals surface area contributed by atoms with Crippen molar-refractivity contribution >= 4 is 7.85 Å². The van der Waals surface area contributed by atoms with Crippen molar-refractivity contribution < 1.29 is 9.84 Å². The van der Waals surface area contributed by atoms with Crippen molar-refractivity contribution in [2.24, 2.45) is 0 Å². The van der Waals surface area contributed by atoms with E-state index in [1.54, 1.807) is 7.11 Å². The largest absolute Gasteiger partial charge is 0.496 e. The smallest absolute Gasteiger partial charge is 0.130 e. The van der Waals surface area contributed by atoms with Gasteiger partial charge in [0.25, 0.3) is 0 Å². The number of aliphatic hydroxyl groups excluding tert-OH is 1. The Morgan fingerprint density at radius 3 is 2.20 bits per heavy atom. The average molecular weight is 334 g/mol. The lowest BCUT2D eigenvalue weighted by molar-refractivity contribution is 0.180. The van der Waals surface area contributed by atoms with Crippen LogP contribution in [0.1, 0.15) is 54.7 Å². The van der Waals surface area contributed by atoms with Crippen LogP contribution in [-0.2, 0) is 11.8 Å². The lowest BCUT2D eigenvalue weighted by Crippen LogP contribution is -2.15. The highest BCUT2D eigenvalue weighted by atomic mass is 16.5. The van der Waals surface area contributed by atoms with E-state index in [-0.39, 0.29) is 11.2 Å². The summed E-state index contributed by atoms with van der Waals surface area (Å²) < 4.78 is 5.91. The third-order valence-electron chi connectivity index (χ3n) is 5.11. The fraction of sp³-hybridized carbons (Fsp3) is 0.455. The van der Waals surface area contributed by atoms with Crippen molar-refractivity contribution in [3.8, 4) is 16.9 Å². The van der Waals surface area contributed by atoms with E-state index in [0.29, 0.717) is 6.42 Å². The minimum atomic E-state index is -0.619. The first-order valence-electron chi connectivity index (χ1n) is 8.90. The van der Waals surface area contributed by atoms with Gasteiger partial charge < -0.3 is 9.84 Å². The van der Waals surface area contributed by atoms with Crippen molar-refractivity contribution in [3.63, 3.8) is 0 Å². The molecular weight excluding hydrogens is 307 g/mol. The van der Waals surface area contributed by atoms with E-state index in [2.05, 4.69) is 58.9 Å². The Kier molecular flexibility index (Phi) is 4.49. The van der Waals surface area contributed by atoms with Crippen LogP contribution in [0.25, 0.3) is 11.1 Å². The van der Waals surface area contributed by atoms with Gasteiger partial charge in [-0.25, -0.2) is 0 Å². The minimum Gasteiger partial charge on any atom is -0.496 e. The lowest BCUT2D eigenvalue weighted by atomic mass is 9.81. The number of benzene rings is 2. The Balaban J connectivity index is 2.40. The molecular formula is C22H27BO2. The SMILES string of the molecule is [B]C1Cc2c(cc(C(C)(C)C)c(OC)c2-c2cc(C)cc(C)c2)C1O. The molecule has 0 saturated heterocycles. The fourth-order valence-corrected chi connectivity index (χ4v) is 3.98. The quantitative estimate of drug-likeness (QED) is 0.798. The predicted molar refractivity (Wildman–Crippen MR) is 105 cm³/mol. The highest BCUT2D eigenvalue weighted by Gasteiger charge is 2.34. The van der Waals surface area contributed by atoms with Gasteiger partial charge in [-0.2, -0.15) is 0 Å². The Morgan fingerprint density at radius 2 is 1.68 bits per heavy atom. The van der Waals surface area contributed by atoms with Crippen LogP contribution in [-0.4, -0.2) is 20.1 Å². The summed E-state index contributed by atoms with van der Waals surface area (Å²) in [4.78, 5) is 0. The molecule has 0 fully saturated rings. The van der Waals surface area contributed by atoms with Crippen LogP contribution in [0.15, 0.2) is 24.3 Å². The highest BCUT2D eigenvalue weighted by Crippen LogP contribution is 2.50. The number of methoxy groups -OCH3 is 1. The molecule has 2 nitrogen and oxygen atoms in total. The first-order valence-corrected chi connectivity index (χ1v) is 8.90. The molecule has 0 amide bonds. The van der Waals surface area contributed by atoms with Gasteiger partial charge in [-0.1, -0.05) is 50.1 Å². The Labute approximate surface area is 152 Å². The zero-order valence-electron chi connectivity index (χ0n) is 16.1. The molecule has 0 aromatic heterocycles. The molecule has 0 spiro atoms. The average Bonchev–Trinajstić information content (AvgIpc) is 2.78. The van der Waals surface area contributed by atoms with Gasteiger partial charge in [-0.15, -0.1) is 0 Å². The third-order valence-corrected chi connectivity index (χ3v) is 5.11. The molecule has 2 atom stereocenters. The Bertz CT molecular complexity index is 798. The topological polar surface area (TPSA) is 29.5 Å². The molecule has 1 N–H and O–H groups in total. The Hall–Kier alpha value is -1.74. The van der Waals surface area contributed by atoms with E-state index in [4.69, 9.17) is 12.6 Å². The van der Waals surface area contributed by atoms with Gasteiger partial charge in [0.05, 0.1) is 21.1 Å². The van der Waals surface area contributed by atoms with Crippen LogP contribution < -0.4 is 4.74 Å². The molecule has 1 aliphatic rings. The first-order chi connectivity index (χ1) is 11.6. The maximum absolute atomic E-state index is 10.6. The summed E-state index contributed by atoms with van der Waals surface area (Å²) in [7, 11) is 7.93. The second-order valence-corrected chi connectivity index (χ2v) is 8.34. The van der Waals surface area contributed by atoms with E-state index < -0.39 is 6.10 Å². The standard InChI is InChI=1S/C22H27BO2/c1-12-7-13(2)9-14(8-12)19-15-11-18(23)20(24)16(15)10-17(21(19)25-6)22(3,4)5/h7-10,18,20,24H,11H2,1-6H3. The number of ether oxygens (including phenoxy) is 1. The Morgan fingerprint density at radius 1 is 1.08 bits per heavy atom. The molecule has 0 aliphatic heterocycles. The van der Waals surface area contributed by atoms with Gasteiger partial charge in [0, 0.05) is 11.1 Å². The van der Waals surface area contributed by atoms with E-state index in [1.807, 2.05) is 0 Å². The van der Waals surface area contributed by atoms with E-state index >= 15 is 0 Å². The number of fused-ring (bicyclic) bond motifs is 1. The molecule has 2 unspecified atom stereocenters. The number of aliphatic hydroxyl groups is 1. The van der Waals surface area contributed by atoms with Gasteiger partial charge in [0.2, 0.25) is 0 Å². The van der Waals surface area contributed by atoms with Crippen LogP contribution in [0.3, 0.4) is 0 Å². The maximum Gasteiger partial charge on any atom is 0.130 e. The number of rotatable bonds is 2. The van der Waals surface area contributed by atoms with Crippen molar-refractivity contribution in [2.75, 3.05) is 7.11 Å². The molecule has 3 heteroatoms. The molecule has 1 aliphatic carbocycles. The number of hydrogen-bond donors (Lipinski definition) is 1. The maximum atomic E-state index is 10.6.